The van der Waals surface area contributed by atoms with E-state index in [1.807, 2.05) is 27.1 Å². The van der Waals surface area contributed by atoms with Crippen LogP contribution in [0.25, 0.3) is 0 Å². The van der Waals surface area contributed by atoms with Crippen LogP contribution in [0.4, 0.5) is 5.69 Å². The summed E-state index contributed by atoms with van der Waals surface area (Å²) in [6, 6.07) is 2.12. The molecule has 96 valence electrons. The zero-order chi connectivity index (χ0) is 12.7. The molecule has 1 N–H and O–H groups in total. The highest BCUT2D eigenvalue weighted by Gasteiger charge is 2.07. The van der Waals surface area contributed by atoms with E-state index in [1.165, 1.54) is 11.3 Å². The van der Waals surface area contributed by atoms with E-state index in [1.54, 1.807) is 0 Å². The lowest BCUT2D eigenvalue weighted by Crippen LogP contribution is -2.24. The van der Waals surface area contributed by atoms with E-state index in [2.05, 4.69) is 28.3 Å². The van der Waals surface area contributed by atoms with Crippen LogP contribution in [0.5, 0.6) is 0 Å². The number of hydrogen-bond acceptors (Lipinski definition) is 4. The summed E-state index contributed by atoms with van der Waals surface area (Å²) in [7, 11) is 4.04. The van der Waals surface area contributed by atoms with Crippen LogP contribution in [0, 0.1) is 6.92 Å². The Hall–Kier alpha value is -1.13. The lowest BCUT2D eigenvalue weighted by Gasteiger charge is -2.22. The fraction of sp³-hybridized carbons (Fsp3) is 0.615. The van der Waals surface area contributed by atoms with Crippen molar-refractivity contribution in [1.29, 1.82) is 0 Å². The number of aromatic nitrogens is 1. The number of nitrogens with zero attached hydrogens (tertiary/aromatic N) is 2. The van der Waals surface area contributed by atoms with E-state index >= 15 is 0 Å². The summed E-state index contributed by atoms with van der Waals surface area (Å²) in [6.45, 7) is 7.29. The first-order chi connectivity index (χ1) is 8.19. The summed E-state index contributed by atoms with van der Waals surface area (Å²) in [6.07, 6.45) is 1.94. The average molecular weight is 237 g/mol. The average Bonchev–Trinajstić information content (AvgIpc) is 2.32. The van der Waals surface area contributed by atoms with Crippen molar-refractivity contribution in [3.05, 3.63) is 23.5 Å². The molecule has 1 heterocycles. The Morgan fingerprint density at radius 3 is 2.88 bits per heavy atom. The molecule has 0 aromatic carbocycles. The van der Waals surface area contributed by atoms with Gasteiger partial charge >= 0.3 is 0 Å². The van der Waals surface area contributed by atoms with Gasteiger partial charge in [0.2, 0.25) is 0 Å². The van der Waals surface area contributed by atoms with Gasteiger partial charge in [-0.2, -0.15) is 0 Å². The third kappa shape index (κ3) is 4.32. The van der Waals surface area contributed by atoms with Crippen molar-refractivity contribution in [1.82, 2.24) is 10.3 Å². The SMILES string of the molecule is CCOCCN(C)c1cc(C)ncc1CNC. The van der Waals surface area contributed by atoms with E-state index < -0.39 is 0 Å². The molecule has 0 radical (unpaired) electrons. The molecular weight excluding hydrogens is 214 g/mol. The molecule has 0 amide bonds. The quantitative estimate of drug-likeness (QED) is 0.731. The molecule has 0 saturated heterocycles. The van der Waals surface area contributed by atoms with Crippen LogP contribution < -0.4 is 10.2 Å². The van der Waals surface area contributed by atoms with Gasteiger partial charge in [0.15, 0.2) is 0 Å². The van der Waals surface area contributed by atoms with E-state index in [-0.39, 0.29) is 0 Å². The van der Waals surface area contributed by atoms with Crippen molar-refractivity contribution in [3.63, 3.8) is 0 Å². The molecule has 0 fully saturated rings. The van der Waals surface area contributed by atoms with Gasteiger partial charge in [-0.15, -0.1) is 0 Å². The van der Waals surface area contributed by atoms with Gasteiger partial charge < -0.3 is 15.0 Å². The van der Waals surface area contributed by atoms with Crippen LogP contribution >= 0.6 is 0 Å². The summed E-state index contributed by atoms with van der Waals surface area (Å²) < 4.78 is 5.38. The van der Waals surface area contributed by atoms with Crippen molar-refractivity contribution in [3.8, 4) is 0 Å². The summed E-state index contributed by atoms with van der Waals surface area (Å²) >= 11 is 0. The molecule has 1 aromatic heterocycles. The van der Waals surface area contributed by atoms with Crippen LogP contribution in [-0.4, -0.2) is 38.8 Å². The number of hydrogen-bond donors (Lipinski definition) is 1. The molecule has 4 heteroatoms. The molecule has 17 heavy (non-hydrogen) atoms. The first kappa shape index (κ1) is 13.9. The zero-order valence-corrected chi connectivity index (χ0v) is 11.3. The molecule has 0 aliphatic rings. The van der Waals surface area contributed by atoms with E-state index in [9.17, 15) is 0 Å². The summed E-state index contributed by atoms with van der Waals surface area (Å²) in [5, 5.41) is 3.17. The fourth-order valence-corrected chi connectivity index (χ4v) is 1.72. The molecule has 0 spiro atoms. The first-order valence-corrected chi connectivity index (χ1v) is 6.08. The molecule has 0 unspecified atom stereocenters. The highest BCUT2D eigenvalue weighted by atomic mass is 16.5. The molecule has 0 aliphatic carbocycles. The van der Waals surface area contributed by atoms with Gasteiger partial charge in [-0.25, -0.2) is 0 Å². The Morgan fingerprint density at radius 2 is 2.24 bits per heavy atom. The fourth-order valence-electron chi connectivity index (χ4n) is 1.72. The maximum absolute atomic E-state index is 5.38. The number of nitrogens with one attached hydrogen (secondary N) is 1. The van der Waals surface area contributed by atoms with Crippen molar-refractivity contribution in [2.24, 2.45) is 0 Å². The van der Waals surface area contributed by atoms with Gasteiger partial charge in [-0.1, -0.05) is 0 Å². The lowest BCUT2D eigenvalue weighted by molar-refractivity contribution is 0.154. The Morgan fingerprint density at radius 1 is 1.47 bits per heavy atom. The zero-order valence-electron chi connectivity index (χ0n) is 11.3. The van der Waals surface area contributed by atoms with Gasteiger partial charge in [0.05, 0.1) is 6.61 Å². The molecule has 4 nitrogen and oxygen atoms in total. The molecule has 1 aromatic rings. The van der Waals surface area contributed by atoms with E-state index in [0.29, 0.717) is 0 Å². The van der Waals surface area contributed by atoms with Crippen molar-refractivity contribution in [2.45, 2.75) is 20.4 Å². The standard InChI is InChI=1S/C13H23N3O/c1-5-17-7-6-16(4)13-8-11(2)15-10-12(13)9-14-3/h8,10,14H,5-7,9H2,1-4H3. The Kier molecular flexibility index (Phi) is 5.94. The normalized spacial score (nSPS) is 10.6. The molecule has 0 atom stereocenters. The number of ether oxygens (including phenoxy) is 1. The second-order valence-electron chi connectivity index (χ2n) is 4.10. The number of rotatable bonds is 7. The van der Waals surface area contributed by atoms with Crippen LogP contribution in [-0.2, 0) is 11.3 Å². The monoisotopic (exact) mass is 237 g/mol. The van der Waals surface area contributed by atoms with Crippen LogP contribution in [0.2, 0.25) is 0 Å². The van der Waals surface area contributed by atoms with Gasteiger partial charge in [-0.3, -0.25) is 4.98 Å². The number of likely N-dealkylation sites (N-methyl/N-ethyl adjacent to an activating group) is 1. The Labute approximate surface area is 104 Å². The summed E-state index contributed by atoms with van der Waals surface area (Å²) in [5.74, 6) is 0. The highest BCUT2D eigenvalue weighted by Crippen LogP contribution is 2.19. The maximum Gasteiger partial charge on any atom is 0.0641 e. The van der Waals surface area contributed by atoms with Gasteiger partial charge in [-0.05, 0) is 27.0 Å². The van der Waals surface area contributed by atoms with Crippen LogP contribution in [0.1, 0.15) is 18.2 Å². The first-order valence-electron chi connectivity index (χ1n) is 6.08. The highest BCUT2D eigenvalue weighted by molar-refractivity contribution is 5.53. The predicted molar refractivity (Wildman–Crippen MR) is 71.5 cm³/mol. The molecular formula is C13H23N3O. The van der Waals surface area contributed by atoms with Crippen LogP contribution in [0.3, 0.4) is 0 Å². The lowest BCUT2D eigenvalue weighted by atomic mass is 10.2. The number of aryl methyl sites for hydroxylation is 1. The molecule has 0 bridgehead atoms. The van der Waals surface area contributed by atoms with Gasteiger partial charge in [0.25, 0.3) is 0 Å². The summed E-state index contributed by atoms with van der Waals surface area (Å²) in [4.78, 5) is 6.56. The minimum atomic E-state index is 0.757. The largest absolute Gasteiger partial charge is 0.380 e. The molecule has 0 saturated carbocycles. The van der Waals surface area contributed by atoms with Crippen molar-refractivity contribution < 1.29 is 4.74 Å². The second kappa shape index (κ2) is 7.25. The van der Waals surface area contributed by atoms with Gasteiger partial charge in [0.1, 0.15) is 0 Å². The Balaban J connectivity index is 2.74. The predicted octanol–water partition coefficient (Wildman–Crippen LogP) is 1.58. The third-order valence-corrected chi connectivity index (χ3v) is 2.65. The van der Waals surface area contributed by atoms with Crippen molar-refractivity contribution in [2.75, 3.05) is 38.8 Å². The van der Waals surface area contributed by atoms with E-state index in [4.69, 9.17) is 4.74 Å². The minimum Gasteiger partial charge on any atom is -0.380 e. The van der Waals surface area contributed by atoms with Gasteiger partial charge in [0, 0.05) is 49.9 Å². The second-order valence-corrected chi connectivity index (χ2v) is 4.10. The minimum absolute atomic E-state index is 0.757. The number of pyridine rings is 1. The molecule has 0 aliphatic heterocycles. The summed E-state index contributed by atoms with van der Waals surface area (Å²) in [5.41, 5.74) is 3.49. The number of anilines is 1. The molecule has 1 rings (SSSR count). The van der Waals surface area contributed by atoms with E-state index in [0.717, 1.165) is 32.0 Å². The van der Waals surface area contributed by atoms with Crippen molar-refractivity contribution >= 4 is 5.69 Å². The third-order valence-electron chi connectivity index (χ3n) is 2.65. The van der Waals surface area contributed by atoms with Crippen LogP contribution in [0.15, 0.2) is 12.3 Å². The smallest absolute Gasteiger partial charge is 0.0641 e. The Bertz CT molecular complexity index is 341. The maximum atomic E-state index is 5.38. The topological polar surface area (TPSA) is 37.4 Å².